The Kier molecular flexibility index (Phi) is 3.32. The second-order valence-corrected chi connectivity index (χ2v) is 3.88. The molecule has 0 unspecified atom stereocenters. The van der Waals surface area contributed by atoms with Gasteiger partial charge in [0, 0.05) is 6.54 Å². The van der Waals surface area contributed by atoms with Crippen molar-refractivity contribution in [2.75, 3.05) is 13.1 Å². The molecule has 2 aliphatic heterocycles. The number of morpholine rings is 1. The Hall–Kier alpha value is -1.91. The molecule has 7 nitrogen and oxygen atoms in total. The number of likely N-dealkylation sites (N-methyl/N-ethyl adjacent to an activating group) is 1. The Morgan fingerprint density at radius 3 is 3.00 bits per heavy atom. The van der Waals surface area contributed by atoms with Gasteiger partial charge in [-0.2, -0.15) is 5.26 Å². The first kappa shape index (κ1) is 12.5. The minimum atomic E-state index is -1.14. The van der Waals surface area contributed by atoms with Crippen LogP contribution in [-0.2, 0) is 23.8 Å². The van der Waals surface area contributed by atoms with Crippen LogP contribution in [-0.4, -0.2) is 48.4 Å². The average Bonchev–Trinajstić information content (AvgIpc) is 2.73. The first-order valence-electron chi connectivity index (χ1n) is 5.47. The molecular formula is C11H12N2O5. The van der Waals surface area contributed by atoms with Crippen LogP contribution in [0.25, 0.3) is 0 Å². The first-order valence-corrected chi connectivity index (χ1v) is 5.47. The molecule has 1 amide bonds. The summed E-state index contributed by atoms with van der Waals surface area (Å²) in [6.07, 6.45) is -2.76. The van der Waals surface area contributed by atoms with E-state index >= 15 is 0 Å². The lowest BCUT2D eigenvalue weighted by atomic mass is 10.1. The summed E-state index contributed by atoms with van der Waals surface area (Å²) in [5.41, 5.74) is 0. The lowest BCUT2D eigenvalue weighted by Gasteiger charge is -2.29. The second kappa shape index (κ2) is 4.76. The number of rotatable bonds is 3. The maximum Gasteiger partial charge on any atom is 0.344 e. The van der Waals surface area contributed by atoms with E-state index in [1.807, 2.05) is 6.92 Å². The number of nitriles is 1. The van der Waals surface area contributed by atoms with Gasteiger partial charge in [-0.3, -0.25) is 4.79 Å². The fraction of sp³-hybridized carbons (Fsp3) is 0.545. The van der Waals surface area contributed by atoms with Crippen molar-refractivity contribution >= 4 is 11.9 Å². The van der Waals surface area contributed by atoms with E-state index < -0.39 is 24.5 Å². The number of hydrogen-bond donors (Lipinski definition) is 0. The fourth-order valence-corrected chi connectivity index (χ4v) is 1.89. The number of allylic oxidation sites excluding steroid dienone is 1. The van der Waals surface area contributed by atoms with E-state index in [0.717, 1.165) is 0 Å². The number of carbonyl (C=O) groups is 2. The molecule has 3 atom stereocenters. The molecule has 0 aliphatic carbocycles. The molecule has 0 spiro atoms. The monoisotopic (exact) mass is 252 g/mol. The third-order valence-electron chi connectivity index (χ3n) is 2.76. The van der Waals surface area contributed by atoms with Gasteiger partial charge in [0.05, 0.1) is 6.54 Å². The summed E-state index contributed by atoms with van der Waals surface area (Å²) in [7, 11) is 0. The van der Waals surface area contributed by atoms with Gasteiger partial charge in [0.1, 0.15) is 6.07 Å². The molecule has 2 bridgehead atoms. The highest BCUT2D eigenvalue weighted by Crippen LogP contribution is 2.27. The topological polar surface area (TPSA) is 88.9 Å². The van der Waals surface area contributed by atoms with Gasteiger partial charge in [0.2, 0.25) is 0 Å². The van der Waals surface area contributed by atoms with Gasteiger partial charge in [-0.1, -0.05) is 0 Å². The van der Waals surface area contributed by atoms with Gasteiger partial charge in [-0.05, 0) is 13.5 Å². The minimum absolute atomic E-state index is 0.287. The van der Waals surface area contributed by atoms with E-state index in [-0.39, 0.29) is 18.2 Å². The van der Waals surface area contributed by atoms with Crippen LogP contribution in [0, 0.1) is 11.3 Å². The highest BCUT2D eigenvalue weighted by molar-refractivity contribution is 5.90. The summed E-state index contributed by atoms with van der Waals surface area (Å²) in [6.45, 7) is 5.86. The molecule has 0 aromatic rings. The van der Waals surface area contributed by atoms with Gasteiger partial charge >= 0.3 is 5.97 Å². The number of ether oxygens (including phenoxy) is 3. The van der Waals surface area contributed by atoms with Gasteiger partial charge in [0.25, 0.3) is 5.91 Å². The maximum absolute atomic E-state index is 11.9. The summed E-state index contributed by atoms with van der Waals surface area (Å²) >= 11 is 0. The SMILES string of the molecule is C=C(C#N)OC(=O)[C@H]1O[C@@H]2CN(CC)C(=O)[C@H]1O2. The molecule has 0 aromatic heterocycles. The molecule has 7 heteroatoms. The number of carbonyl (C=O) groups excluding carboxylic acids is 2. The highest BCUT2D eigenvalue weighted by atomic mass is 16.7. The summed E-state index contributed by atoms with van der Waals surface area (Å²) < 4.78 is 15.2. The highest BCUT2D eigenvalue weighted by Gasteiger charge is 2.51. The van der Waals surface area contributed by atoms with Crippen LogP contribution >= 0.6 is 0 Å². The van der Waals surface area contributed by atoms with Gasteiger partial charge in [-0.15, -0.1) is 0 Å². The van der Waals surface area contributed by atoms with E-state index in [1.54, 1.807) is 11.0 Å². The Morgan fingerprint density at radius 2 is 2.39 bits per heavy atom. The number of amides is 1. The molecule has 0 aromatic carbocycles. The number of esters is 1. The van der Waals surface area contributed by atoms with E-state index in [0.29, 0.717) is 6.54 Å². The van der Waals surface area contributed by atoms with Crippen molar-refractivity contribution in [3.05, 3.63) is 12.3 Å². The summed E-state index contributed by atoms with van der Waals surface area (Å²) in [4.78, 5) is 25.1. The first-order chi connectivity index (χ1) is 8.56. The van der Waals surface area contributed by atoms with Crippen LogP contribution in [0.3, 0.4) is 0 Å². The summed E-state index contributed by atoms with van der Waals surface area (Å²) in [5, 5.41) is 8.47. The Bertz CT molecular complexity index is 441. The molecule has 2 aliphatic rings. The third-order valence-corrected chi connectivity index (χ3v) is 2.76. The zero-order chi connectivity index (χ0) is 13.3. The van der Waals surface area contributed by atoms with E-state index in [1.165, 1.54) is 0 Å². The predicted molar refractivity (Wildman–Crippen MR) is 56.6 cm³/mol. The Morgan fingerprint density at radius 1 is 1.67 bits per heavy atom. The van der Waals surface area contributed by atoms with E-state index in [4.69, 9.17) is 14.7 Å². The van der Waals surface area contributed by atoms with Crippen LogP contribution in [0.2, 0.25) is 0 Å². The standard InChI is InChI=1S/C11H12N2O5/c1-3-13-5-7-17-8(10(13)14)9(18-7)11(15)16-6(2)4-12/h7-9H,2-3,5H2,1H3/t7-,8+,9+/m1/s1. The number of nitrogens with zero attached hydrogens (tertiary/aromatic N) is 2. The number of fused-ring (bicyclic) bond motifs is 2. The normalized spacial score (nSPS) is 29.9. The van der Waals surface area contributed by atoms with Gasteiger partial charge in [0.15, 0.2) is 24.3 Å². The van der Waals surface area contributed by atoms with Gasteiger partial charge in [-0.25, -0.2) is 4.79 Å². The van der Waals surface area contributed by atoms with E-state index in [9.17, 15) is 9.59 Å². The molecule has 0 N–H and O–H groups in total. The van der Waals surface area contributed by atoms with Crippen molar-refractivity contribution in [3.8, 4) is 6.07 Å². The predicted octanol–water partition coefficient (Wildman–Crippen LogP) is -0.461. The lowest BCUT2D eigenvalue weighted by Crippen LogP contribution is -2.50. The van der Waals surface area contributed by atoms with Crippen molar-refractivity contribution in [3.63, 3.8) is 0 Å². The average molecular weight is 252 g/mol. The van der Waals surface area contributed by atoms with Crippen molar-refractivity contribution < 1.29 is 23.8 Å². The fourth-order valence-electron chi connectivity index (χ4n) is 1.89. The van der Waals surface area contributed by atoms with Crippen LogP contribution in [0.5, 0.6) is 0 Å². The lowest BCUT2D eigenvalue weighted by molar-refractivity contribution is -0.161. The summed E-state index contributed by atoms with van der Waals surface area (Å²) in [6, 6.07) is 1.58. The third kappa shape index (κ3) is 2.08. The van der Waals surface area contributed by atoms with Crippen molar-refractivity contribution in [1.82, 2.24) is 4.90 Å². The van der Waals surface area contributed by atoms with Gasteiger partial charge < -0.3 is 19.1 Å². The molecule has 18 heavy (non-hydrogen) atoms. The molecule has 0 radical (unpaired) electrons. The van der Waals surface area contributed by atoms with Crippen molar-refractivity contribution in [1.29, 1.82) is 5.26 Å². The van der Waals surface area contributed by atoms with Crippen LogP contribution < -0.4 is 0 Å². The molecule has 0 saturated carbocycles. The van der Waals surface area contributed by atoms with Crippen molar-refractivity contribution in [2.45, 2.75) is 25.4 Å². The van der Waals surface area contributed by atoms with Crippen molar-refractivity contribution in [2.24, 2.45) is 0 Å². The molecule has 2 heterocycles. The zero-order valence-electron chi connectivity index (χ0n) is 9.79. The Labute approximate surface area is 104 Å². The molecule has 2 fully saturated rings. The van der Waals surface area contributed by atoms with E-state index in [2.05, 4.69) is 11.3 Å². The number of hydrogen-bond acceptors (Lipinski definition) is 6. The molecular weight excluding hydrogens is 240 g/mol. The smallest absolute Gasteiger partial charge is 0.344 e. The molecule has 2 saturated heterocycles. The van der Waals surface area contributed by atoms with Crippen LogP contribution in [0.15, 0.2) is 12.3 Å². The molecule has 2 rings (SSSR count). The van der Waals surface area contributed by atoms with Crippen LogP contribution in [0.4, 0.5) is 0 Å². The largest absolute Gasteiger partial charge is 0.414 e. The quantitative estimate of drug-likeness (QED) is 0.383. The zero-order valence-corrected chi connectivity index (χ0v) is 9.79. The van der Waals surface area contributed by atoms with Crippen LogP contribution in [0.1, 0.15) is 6.92 Å². The Balaban J connectivity index is 2.08. The minimum Gasteiger partial charge on any atom is -0.414 e. The maximum atomic E-state index is 11.9. The molecule has 96 valence electrons. The summed E-state index contributed by atoms with van der Waals surface area (Å²) in [5.74, 6) is -1.49. The second-order valence-electron chi connectivity index (χ2n) is 3.88.